The van der Waals surface area contributed by atoms with Gasteiger partial charge in [-0.25, -0.2) is 0 Å². The van der Waals surface area contributed by atoms with E-state index in [4.69, 9.17) is 5.73 Å². The molecule has 1 aliphatic rings. The maximum atomic E-state index is 12.4. The summed E-state index contributed by atoms with van der Waals surface area (Å²) in [7, 11) is 0. The van der Waals surface area contributed by atoms with Crippen LogP contribution in [0.25, 0.3) is 0 Å². The molecule has 1 saturated heterocycles. The van der Waals surface area contributed by atoms with Crippen LogP contribution in [0.3, 0.4) is 0 Å². The van der Waals surface area contributed by atoms with E-state index < -0.39 is 0 Å². The van der Waals surface area contributed by atoms with E-state index in [1.54, 1.807) is 24.0 Å². The van der Waals surface area contributed by atoms with Crippen LogP contribution in [0, 0.1) is 18.8 Å². The molecule has 0 bridgehead atoms. The minimum Gasteiger partial charge on any atom is -0.338 e. The summed E-state index contributed by atoms with van der Waals surface area (Å²) >= 11 is 0. The quantitative estimate of drug-likeness (QED) is 0.826. The molecular formula is C14H21N3O2. The molecule has 0 saturated carbocycles. The summed E-state index contributed by atoms with van der Waals surface area (Å²) in [5.74, 6) is 0.666. The summed E-state index contributed by atoms with van der Waals surface area (Å²) in [6.07, 6.45) is 0.942. The van der Waals surface area contributed by atoms with Crippen molar-refractivity contribution in [2.75, 3.05) is 19.6 Å². The fraction of sp³-hybridized carbons (Fsp3) is 0.571. The maximum Gasteiger partial charge on any atom is 0.260 e. The molecule has 1 aromatic heterocycles. The first-order valence-corrected chi connectivity index (χ1v) is 6.72. The third-order valence-electron chi connectivity index (χ3n) is 3.99. The number of rotatable bonds is 2. The second kappa shape index (κ2) is 5.57. The number of piperidine rings is 1. The molecule has 0 aliphatic carbocycles. The van der Waals surface area contributed by atoms with E-state index in [1.165, 1.54) is 0 Å². The summed E-state index contributed by atoms with van der Waals surface area (Å²) in [6, 6.07) is 3.35. The van der Waals surface area contributed by atoms with E-state index in [0.29, 0.717) is 31.5 Å². The van der Waals surface area contributed by atoms with Crippen molar-refractivity contribution >= 4 is 5.91 Å². The topological polar surface area (TPSA) is 79.2 Å². The standard InChI is InChI=1S/C14H21N3O2/c1-9-5-6-17(8-11(9)7-15)14(19)12-4-3-10(2)16-13(12)18/h3-4,9,11H,5-8,15H2,1-2H3,(H,16,18). The van der Waals surface area contributed by atoms with Crippen LogP contribution in [0.5, 0.6) is 0 Å². The molecule has 1 fully saturated rings. The number of aromatic amines is 1. The first-order valence-electron chi connectivity index (χ1n) is 6.72. The number of nitrogens with zero attached hydrogens (tertiary/aromatic N) is 1. The minimum atomic E-state index is -0.312. The first-order chi connectivity index (χ1) is 9.02. The van der Waals surface area contributed by atoms with Crippen molar-refractivity contribution in [2.45, 2.75) is 20.3 Å². The number of amides is 1. The van der Waals surface area contributed by atoms with Gasteiger partial charge in [0.05, 0.1) is 0 Å². The summed E-state index contributed by atoms with van der Waals surface area (Å²) in [5, 5.41) is 0. The second-order valence-electron chi connectivity index (χ2n) is 5.40. The predicted octanol–water partition coefficient (Wildman–Crippen LogP) is 0.740. The Kier molecular flexibility index (Phi) is 4.04. The van der Waals surface area contributed by atoms with Gasteiger partial charge in [-0.2, -0.15) is 0 Å². The molecule has 104 valence electrons. The number of H-pyrrole nitrogens is 1. The van der Waals surface area contributed by atoms with Crippen molar-refractivity contribution in [1.82, 2.24) is 9.88 Å². The Labute approximate surface area is 112 Å². The smallest absolute Gasteiger partial charge is 0.260 e. The van der Waals surface area contributed by atoms with Crippen molar-refractivity contribution in [3.05, 3.63) is 33.7 Å². The van der Waals surface area contributed by atoms with E-state index in [0.717, 1.165) is 12.1 Å². The van der Waals surface area contributed by atoms with E-state index in [9.17, 15) is 9.59 Å². The van der Waals surface area contributed by atoms with Crippen molar-refractivity contribution in [1.29, 1.82) is 0 Å². The highest BCUT2D eigenvalue weighted by Crippen LogP contribution is 2.23. The van der Waals surface area contributed by atoms with Crippen LogP contribution in [0.1, 0.15) is 29.4 Å². The number of aromatic nitrogens is 1. The lowest BCUT2D eigenvalue weighted by atomic mass is 9.87. The van der Waals surface area contributed by atoms with Crippen LogP contribution in [-0.4, -0.2) is 35.4 Å². The van der Waals surface area contributed by atoms with E-state index in [1.807, 2.05) is 0 Å². The SMILES string of the molecule is Cc1ccc(C(=O)N2CCC(C)C(CN)C2)c(=O)[nH]1. The number of hydrogen-bond acceptors (Lipinski definition) is 3. The highest BCUT2D eigenvalue weighted by Gasteiger charge is 2.29. The zero-order valence-corrected chi connectivity index (χ0v) is 11.5. The van der Waals surface area contributed by atoms with Crippen LogP contribution in [0.4, 0.5) is 0 Å². The average Bonchev–Trinajstić information content (AvgIpc) is 2.38. The monoisotopic (exact) mass is 263 g/mol. The van der Waals surface area contributed by atoms with Crippen molar-refractivity contribution in [2.24, 2.45) is 17.6 Å². The van der Waals surface area contributed by atoms with Crippen LogP contribution >= 0.6 is 0 Å². The molecule has 0 spiro atoms. The third-order valence-corrected chi connectivity index (χ3v) is 3.99. The van der Waals surface area contributed by atoms with Gasteiger partial charge >= 0.3 is 0 Å². The molecule has 1 amide bonds. The Bertz CT molecular complexity index is 524. The third kappa shape index (κ3) is 2.87. The number of carbonyl (C=O) groups excluding carboxylic acids is 1. The zero-order chi connectivity index (χ0) is 14.0. The number of nitrogens with two attached hydrogens (primary N) is 1. The van der Waals surface area contributed by atoms with Crippen LogP contribution in [-0.2, 0) is 0 Å². The van der Waals surface area contributed by atoms with Gasteiger partial charge in [-0.05, 0) is 43.9 Å². The van der Waals surface area contributed by atoms with E-state index in [2.05, 4.69) is 11.9 Å². The lowest BCUT2D eigenvalue weighted by Crippen LogP contribution is -2.46. The normalized spacial score (nSPS) is 23.4. The highest BCUT2D eigenvalue weighted by molar-refractivity contribution is 5.93. The summed E-state index contributed by atoms with van der Waals surface area (Å²) < 4.78 is 0. The van der Waals surface area contributed by atoms with Gasteiger partial charge in [0.15, 0.2) is 0 Å². The summed E-state index contributed by atoms with van der Waals surface area (Å²) in [4.78, 5) is 28.6. The summed E-state index contributed by atoms with van der Waals surface area (Å²) in [5.41, 5.74) is 6.40. The Morgan fingerprint density at radius 3 is 2.89 bits per heavy atom. The summed E-state index contributed by atoms with van der Waals surface area (Å²) in [6.45, 7) is 5.88. The number of likely N-dealkylation sites (tertiary alicyclic amines) is 1. The van der Waals surface area contributed by atoms with Gasteiger partial charge in [-0.3, -0.25) is 9.59 Å². The fourth-order valence-electron chi connectivity index (χ4n) is 2.55. The Morgan fingerprint density at radius 2 is 2.26 bits per heavy atom. The van der Waals surface area contributed by atoms with E-state index in [-0.39, 0.29) is 17.0 Å². The molecule has 2 unspecified atom stereocenters. The number of aryl methyl sites for hydroxylation is 1. The van der Waals surface area contributed by atoms with Gasteiger partial charge in [0.1, 0.15) is 5.56 Å². The van der Waals surface area contributed by atoms with Gasteiger partial charge < -0.3 is 15.6 Å². The molecule has 1 aromatic rings. The highest BCUT2D eigenvalue weighted by atomic mass is 16.2. The molecule has 0 aromatic carbocycles. The maximum absolute atomic E-state index is 12.4. The van der Waals surface area contributed by atoms with Gasteiger partial charge in [-0.15, -0.1) is 0 Å². The molecule has 5 nitrogen and oxygen atoms in total. The lowest BCUT2D eigenvalue weighted by molar-refractivity contribution is 0.0616. The van der Waals surface area contributed by atoms with Crippen molar-refractivity contribution in [3.63, 3.8) is 0 Å². The molecule has 1 aliphatic heterocycles. The molecule has 2 atom stereocenters. The number of nitrogens with one attached hydrogen (secondary N) is 1. The Hall–Kier alpha value is -1.62. The van der Waals surface area contributed by atoms with Gasteiger partial charge in [-0.1, -0.05) is 6.92 Å². The van der Waals surface area contributed by atoms with Crippen molar-refractivity contribution in [3.8, 4) is 0 Å². The minimum absolute atomic E-state index is 0.188. The Morgan fingerprint density at radius 1 is 1.53 bits per heavy atom. The molecule has 3 N–H and O–H groups in total. The van der Waals surface area contributed by atoms with Gasteiger partial charge in [0.25, 0.3) is 11.5 Å². The van der Waals surface area contributed by atoms with Crippen LogP contribution in [0.15, 0.2) is 16.9 Å². The van der Waals surface area contributed by atoms with Crippen LogP contribution in [0.2, 0.25) is 0 Å². The molecular weight excluding hydrogens is 242 g/mol. The molecule has 19 heavy (non-hydrogen) atoms. The predicted molar refractivity (Wildman–Crippen MR) is 74.0 cm³/mol. The molecule has 2 rings (SSSR count). The van der Waals surface area contributed by atoms with Crippen LogP contribution < -0.4 is 11.3 Å². The largest absolute Gasteiger partial charge is 0.338 e. The lowest BCUT2D eigenvalue weighted by Gasteiger charge is -2.36. The number of carbonyl (C=O) groups is 1. The second-order valence-corrected chi connectivity index (χ2v) is 5.40. The Balaban J connectivity index is 2.18. The zero-order valence-electron chi connectivity index (χ0n) is 11.5. The first kappa shape index (κ1) is 13.8. The average molecular weight is 263 g/mol. The molecule has 0 radical (unpaired) electrons. The van der Waals surface area contributed by atoms with Crippen molar-refractivity contribution < 1.29 is 4.79 Å². The van der Waals surface area contributed by atoms with Gasteiger partial charge in [0.2, 0.25) is 0 Å². The number of hydrogen-bond donors (Lipinski definition) is 2. The van der Waals surface area contributed by atoms with E-state index >= 15 is 0 Å². The van der Waals surface area contributed by atoms with Gasteiger partial charge in [0, 0.05) is 18.8 Å². The number of pyridine rings is 1. The molecule has 5 heteroatoms. The fourth-order valence-corrected chi connectivity index (χ4v) is 2.55. The molecule has 2 heterocycles.